The molecule has 0 aromatic heterocycles. The molecule has 0 saturated heterocycles. The molecule has 22 heavy (non-hydrogen) atoms. The van der Waals surface area contributed by atoms with Crippen LogP contribution in [0.1, 0.15) is 12.5 Å². The van der Waals surface area contributed by atoms with Crippen molar-refractivity contribution in [1.29, 1.82) is 0 Å². The molecular formula is C16H16N2O3S. The van der Waals surface area contributed by atoms with Crippen LogP contribution in [0.15, 0.2) is 47.4 Å². The first-order valence-electron chi connectivity index (χ1n) is 6.98. The highest BCUT2D eigenvalue weighted by Crippen LogP contribution is 2.43. The molecule has 0 unspecified atom stereocenters. The number of anilines is 1. The quantitative estimate of drug-likeness (QED) is 0.939. The molecular weight excluding hydrogens is 300 g/mol. The van der Waals surface area contributed by atoms with Gasteiger partial charge in [0.1, 0.15) is 6.54 Å². The minimum atomic E-state index is -3.78. The van der Waals surface area contributed by atoms with Crippen LogP contribution in [0.2, 0.25) is 0 Å². The molecule has 0 saturated carbocycles. The predicted octanol–water partition coefficient (Wildman–Crippen LogP) is 1.91. The van der Waals surface area contributed by atoms with Crippen LogP contribution in [0.3, 0.4) is 0 Å². The fraction of sp³-hybridized carbons (Fsp3) is 0.188. The predicted molar refractivity (Wildman–Crippen MR) is 85.0 cm³/mol. The average Bonchev–Trinajstić information content (AvgIpc) is 2.51. The zero-order chi connectivity index (χ0) is 15.9. The third-order valence-electron chi connectivity index (χ3n) is 3.78. The first kappa shape index (κ1) is 14.6. The summed E-state index contributed by atoms with van der Waals surface area (Å²) in [6.45, 7) is 1.67. The Hall–Kier alpha value is -2.34. The lowest BCUT2D eigenvalue weighted by molar-refractivity contribution is -0.116. The molecule has 0 fully saturated rings. The number of hydrogen-bond donors (Lipinski definition) is 1. The number of carbonyl (C=O) groups excluding carboxylic acids is 1. The smallest absolute Gasteiger partial charge is 0.265 e. The Bertz CT molecular complexity index is 859. The van der Waals surface area contributed by atoms with E-state index in [1.165, 1.54) is 0 Å². The van der Waals surface area contributed by atoms with Gasteiger partial charge in [-0.05, 0) is 30.2 Å². The van der Waals surface area contributed by atoms with Crippen LogP contribution in [0.4, 0.5) is 5.69 Å². The number of primary amides is 1. The van der Waals surface area contributed by atoms with Crippen molar-refractivity contribution < 1.29 is 13.2 Å². The monoisotopic (exact) mass is 316 g/mol. The summed E-state index contributed by atoms with van der Waals surface area (Å²) in [5.41, 5.74) is 8.30. The number of benzene rings is 2. The Morgan fingerprint density at radius 1 is 1.14 bits per heavy atom. The van der Waals surface area contributed by atoms with Gasteiger partial charge in [-0.1, -0.05) is 31.2 Å². The van der Waals surface area contributed by atoms with E-state index < -0.39 is 15.9 Å². The Balaban J connectivity index is 2.33. The molecule has 0 radical (unpaired) electrons. The maximum atomic E-state index is 12.8. The summed E-state index contributed by atoms with van der Waals surface area (Å²) in [4.78, 5) is 11.5. The minimum absolute atomic E-state index is 0.206. The highest BCUT2D eigenvalue weighted by molar-refractivity contribution is 7.93. The standard InChI is InChI=1S/C16H16N2O3S/c1-2-11-7-8-14-13(9-11)12-5-3-4-6-15(12)22(20,21)18(14)10-16(17)19/h3-9H,2,10H2,1H3,(H2,17,19). The maximum absolute atomic E-state index is 12.8. The number of rotatable bonds is 3. The topological polar surface area (TPSA) is 80.5 Å². The van der Waals surface area contributed by atoms with Gasteiger partial charge in [-0.3, -0.25) is 9.10 Å². The zero-order valence-electron chi connectivity index (χ0n) is 12.1. The van der Waals surface area contributed by atoms with Crippen molar-refractivity contribution in [3.05, 3.63) is 48.0 Å². The van der Waals surface area contributed by atoms with Crippen molar-refractivity contribution in [3.8, 4) is 11.1 Å². The number of aryl methyl sites for hydroxylation is 1. The summed E-state index contributed by atoms with van der Waals surface area (Å²) in [6, 6.07) is 12.4. The van der Waals surface area contributed by atoms with Crippen LogP contribution in [0, 0.1) is 0 Å². The molecule has 1 aliphatic heterocycles. The molecule has 3 rings (SSSR count). The van der Waals surface area contributed by atoms with E-state index in [1.54, 1.807) is 30.3 Å². The van der Waals surface area contributed by atoms with Gasteiger partial charge in [0.15, 0.2) is 0 Å². The van der Waals surface area contributed by atoms with E-state index in [0.29, 0.717) is 11.3 Å². The highest BCUT2D eigenvalue weighted by Gasteiger charge is 2.35. The molecule has 114 valence electrons. The third kappa shape index (κ3) is 2.16. The molecule has 2 N–H and O–H groups in total. The van der Waals surface area contributed by atoms with E-state index in [4.69, 9.17) is 5.73 Å². The van der Waals surface area contributed by atoms with E-state index in [1.807, 2.05) is 19.1 Å². The number of hydrogen-bond acceptors (Lipinski definition) is 3. The number of carbonyl (C=O) groups is 1. The van der Waals surface area contributed by atoms with Crippen molar-refractivity contribution in [2.24, 2.45) is 5.73 Å². The van der Waals surface area contributed by atoms with Gasteiger partial charge in [-0.15, -0.1) is 0 Å². The number of sulfonamides is 1. The summed E-state index contributed by atoms with van der Waals surface area (Å²) in [5.74, 6) is -0.687. The van der Waals surface area contributed by atoms with Crippen LogP contribution >= 0.6 is 0 Å². The summed E-state index contributed by atoms with van der Waals surface area (Å²) in [6.07, 6.45) is 0.845. The molecule has 0 bridgehead atoms. The Labute approximate surface area is 129 Å². The molecule has 2 aromatic carbocycles. The molecule has 0 spiro atoms. The second-order valence-corrected chi connectivity index (χ2v) is 7.01. The van der Waals surface area contributed by atoms with Gasteiger partial charge in [-0.25, -0.2) is 8.42 Å². The molecule has 1 aliphatic rings. The molecule has 0 aliphatic carbocycles. The molecule has 6 heteroatoms. The van der Waals surface area contributed by atoms with E-state index in [9.17, 15) is 13.2 Å². The summed E-state index contributed by atoms with van der Waals surface area (Å²) in [5, 5.41) is 0. The van der Waals surface area contributed by atoms with Gasteiger partial charge in [0.05, 0.1) is 10.6 Å². The zero-order valence-corrected chi connectivity index (χ0v) is 12.9. The van der Waals surface area contributed by atoms with E-state index >= 15 is 0 Å². The maximum Gasteiger partial charge on any atom is 0.265 e. The molecule has 5 nitrogen and oxygen atoms in total. The Kier molecular flexibility index (Phi) is 3.41. The summed E-state index contributed by atoms with van der Waals surface area (Å²) >= 11 is 0. The largest absolute Gasteiger partial charge is 0.368 e. The molecule has 1 heterocycles. The van der Waals surface area contributed by atoms with Crippen LogP contribution in [-0.2, 0) is 21.2 Å². The SMILES string of the molecule is CCc1ccc2c(c1)-c1ccccc1S(=O)(=O)N2CC(N)=O. The number of amides is 1. The van der Waals surface area contributed by atoms with E-state index in [0.717, 1.165) is 21.9 Å². The van der Waals surface area contributed by atoms with Crippen molar-refractivity contribution in [2.75, 3.05) is 10.8 Å². The number of nitrogens with two attached hydrogens (primary N) is 1. The second kappa shape index (κ2) is 5.14. The number of nitrogens with zero attached hydrogens (tertiary/aromatic N) is 1. The highest BCUT2D eigenvalue weighted by atomic mass is 32.2. The van der Waals surface area contributed by atoms with Gasteiger partial charge < -0.3 is 5.73 Å². The van der Waals surface area contributed by atoms with Gasteiger partial charge >= 0.3 is 0 Å². The molecule has 0 atom stereocenters. The van der Waals surface area contributed by atoms with Crippen molar-refractivity contribution >= 4 is 21.6 Å². The van der Waals surface area contributed by atoms with E-state index in [2.05, 4.69) is 0 Å². The van der Waals surface area contributed by atoms with Crippen LogP contribution in [0.25, 0.3) is 11.1 Å². The molecule has 1 amide bonds. The average molecular weight is 316 g/mol. The van der Waals surface area contributed by atoms with Gasteiger partial charge in [-0.2, -0.15) is 0 Å². The fourth-order valence-corrected chi connectivity index (χ4v) is 4.37. The molecule has 2 aromatic rings. The van der Waals surface area contributed by atoms with E-state index in [-0.39, 0.29) is 11.4 Å². The first-order valence-corrected chi connectivity index (χ1v) is 8.42. The summed E-state index contributed by atoms with van der Waals surface area (Å²) in [7, 11) is -3.78. The van der Waals surface area contributed by atoms with Crippen LogP contribution < -0.4 is 10.0 Å². The van der Waals surface area contributed by atoms with Gasteiger partial charge in [0.25, 0.3) is 10.0 Å². The Morgan fingerprint density at radius 3 is 2.55 bits per heavy atom. The van der Waals surface area contributed by atoms with Gasteiger partial charge in [0, 0.05) is 11.1 Å². The lowest BCUT2D eigenvalue weighted by Crippen LogP contribution is -2.40. The number of fused-ring (bicyclic) bond motifs is 3. The van der Waals surface area contributed by atoms with Crippen LogP contribution in [-0.4, -0.2) is 20.9 Å². The first-order chi connectivity index (χ1) is 10.4. The van der Waals surface area contributed by atoms with Gasteiger partial charge in [0.2, 0.25) is 5.91 Å². The van der Waals surface area contributed by atoms with Crippen molar-refractivity contribution in [3.63, 3.8) is 0 Å². The lowest BCUT2D eigenvalue weighted by Gasteiger charge is -2.31. The fourth-order valence-electron chi connectivity index (χ4n) is 2.71. The van der Waals surface area contributed by atoms with Crippen LogP contribution in [0.5, 0.6) is 0 Å². The minimum Gasteiger partial charge on any atom is -0.368 e. The normalized spacial score (nSPS) is 15.0. The Morgan fingerprint density at radius 2 is 1.86 bits per heavy atom. The van der Waals surface area contributed by atoms with Crippen molar-refractivity contribution in [1.82, 2.24) is 0 Å². The summed E-state index contributed by atoms with van der Waals surface area (Å²) < 4.78 is 26.6. The third-order valence-corrected chi connectivity index (χ3v) is 5.60. The lowest BCUT2D eigenvalue weighted by atomic mass is 9.99. The van der Waals surface area contributed by atoms with Crippen molar-refractivity contribution in [2.45, 2.75) is 18.2 Å². The second-order valence-electron chi connectivity index (χ2n) is 5.18.